The number of likely N-dealkylation sites (tertiary alicyclic amines) is 1. The molecule has 0 spiro atoms. The lowest BCUT2D eigenvalue weighted by molar-refractivity contribution is -0.140. The summed E-state index contributed by atoms with van der Waals surface area (Å²) < 4.78 is 29.2. The molecule has 0 aromatic heterocycles. The van der Waals surface area contributed by atoms with E-state index in [9.17, 15) is 18.4 Å². The summed E-state index contributed by atoms with van der Waals surface area (Å²) in [6, 6.07) is 12.5. The number of hydrogen-bond donors (Lipinski definition) is 3. The molecular weight excluding hydrogens is 452 g/mol. The summed E-state index contributed by atoms with van der Waals surface area (Å²) >= 11 is 0. The van der Waals surface area contributed by atoms with Crippen molar-refractivity contribution in [1.29, 1.82) is 0 Å². The van der Waals surface area contributed by atoms with Crippen LogP contribution in [0.1, 0.15) is 61.3 Å². The largest absolute Gasteiger partial charge is 0.367 e. The quantitative estimate of drug-likeness (QED) is 0.413. The number of benzene rings is 2. The van der Waals surface area contributed by atoms with Crippen LogP contribution in [0, 0.1) is 5.82 Å². The van der Waals surface area contributed by atoms with Gasteiger partial charge in [-0.2, -0.15) is 0 Å². The molecule has 2 aromatic carbocycles. The Morgan fingerprint density at radius 1 is 1.20 bits per heavy atom. The molecule has 184 valence electrons. The Kier molecular flexibility index (Phi) is 7.23. The molecule has 5 N–H and O–H groups in total. The van der Waals surface area contributed by atoms with E-state index in [0.717, 1.165) is 18.4 Å². The Morgan fingerprint density at radius 3 is 2.54 bits per heavy atom. The van der Waals surface area contributed by atoms with E-state index in [4.69, 9.17) is 11.1 Å². The Bertz CT molecular complexity index is 1150. The highest BCUT2D eigenvalue weighted by Gasteiger charge is 2.41. The van der Waals surface area contributed by atoms with E-state index < -0.39 is 30.1 Å². The van der Waals surface area contributed by atoms with Crippen molar-refractivity contribution in [2.75, 3.05) is 6.54 Å². The maximum Gasteiger partial charge on any atom is 0.301 e. The first kappa shape index (κ1) is 24.5. The second-order valence-electron chi connectivity index (χ2n) is 9.22. The minimum atomic E-state index is -1.35. The fraction of sp³-hybridized carbons (Fsp3) is 0.385. The molecular formula is C26H30F2N5O2+. The van der Waals surface area contributed by atoms with Crippen LogP contribution in [0.3, 0.4) is 0 Å². The average Bonchev–Trinajstić information content (AvgIpc) is 3.57. The SMILES string of the molecule is CC(N)=NC(=[NH2+])CC(=O)N1C[C@H](F)C[C@H]1C(=O)N[C@@H](c1ccccc1)c1ccc(C2CC2)c(F)c1. The van der Waals surface area contributed by atoms with Crippen LogP contribution in [0.5, 0.6) is 0 Å². The first-order valence-corrected chi connectivity index (χ1v) is 11.7. The van der Waals surface area contributed by atoms with Crippen molar-refractivity contribution in [3.8, 4) is 0 Å². The average molecular weight is 483 g/mol. The van der Waals surface area contributed by atoms with Gasteiger partial charge in [-0.15, -0.1) is 0 Å². The number of carbonyl (C=O) groups is 2. The maximum atomic E-state index is 14.8. The Labute approximate surface area is 202 Å². The van der Waals surface area contributed by atoms with Crippen molar-refractivity contribution in [3.63, 3.8) is 0 Å². The van der Waals surface area contributed by atoms with Gasteiger partial charge in [-0.1, -0.05) is 42.5 Å². The Balaban J connectivity index is 1.56. The molecule has 35 heavy (non-hydrogen) atoms. The van der Waals surface area contributed by atoms with Crippen molar-refractivity contribution in [2.24, 2.45) is 10.7 Å². The van der Waals surface area contributed by atoms with Gasteiger partial charge >= 0.3 is 5.84 Å². The molecule has 2 fully saturated rings. The molecule has 1 saturated heterocycles. The molecule has 1 aliphatic heterocycles. The molecule has 2 aromatic rings. The summed E-state index contributed by atoms with van der Waals surface area (Å²) in [5.74, 6) is -0.890. The highest BCUT2D eigenvalue weighted by atomic mass is 19.1. The first-order valence-electron chi connectivity index (χ1n) is 11.7. The number of nitrogens with two attached hydrogens (primary N) is 2. The topological polar surface area (TPSA) is 113 Å². The number of alkyl halides is 1. The summed E-state index contributed by atoms with van der Waals surface area (Å²) in [5.41, 5.74) is 7.50. The smallest absolute Gasteiger partial charge is 0.301 e. The van der Waals surface area contributed by atoms with Gasteiger partial charge in [-0.3, -0.25) is 15.0 Å². The van der Waals surface area contributed by atoms with Crippen molar-refractivity contribution >= 4 is 23.5 Å². The van der Waals surface area contributed by atoms with Crippen LogP contribution >= 0.6 is 0 Å². The molecule has 0 radical (unpaired) electrons. The van der Waals surface area contributed by atoms with Crippen LogP contribution < -0.4 is 16.5 Å². The van der Waals surface area contributed by atoms with E-state index in [1.54, 1.807) is 6.07 Å². The summed E-state index contributed by atoms with van der Waals surface area (Å²) in [4.78, 5) is 31.2. The molecule has 9 heteroatoms. The van der Waals surface area contributed by atoms with E-state index in [-0.39, 0.29) is 42.8 Å². The lowest BCUT2D eigenvalue weighted by Crippen LogP contribution is -2.49. The number of rotatable bonds is 7. The zero-order valence-corrected chi connectivity index (χ0v) is 19.6. The lowest BCUT2D eigenvalue weighted by atomic mass is 9.96. The molecule has 0 unspecified atom stereocenters. The van der Waals surface area contributed by atoms with Crippen LogP contribution in [0.15, 0.2) is 53.5 Å². The molecule has 1 heterocycles. The predicted octanol–water partition coefficient (Wildman–Crippen LogP) is 1.77. The molecule has 4 rings (SSSR count). The van der Waals surface area contributed by atoms with Gasteiger partial charge in [0.1, 0.15) is 24.5 Å². The van der Waals surface area contributed by atoms with Gasteiger partial charge in [0.15, 0.2) is 0 Å². The molecule has 1 aliphatic carbocycles. The number of nitrogens with zero attached hydrogens (tertiary/aromatic N) is 2. The van der Waals surface area contributed by atoms with E-state index in [1.807, 2.05) is 36.4 Å². The van der Waals surface area contributed by atoms with Crippen molar-refractivity contribution < 1.29 is 23.8 Å². The normalized spacial score (nSPS) is 21.0. The number of halogens is 2. The van der Waals surface area contributed by atoms with Crippen LogP contribution in [0.4, 0.5) is 8.78 Å². The lowest BCUT2D eigenvalue weighted by Gasteiger charge is -2.27. The molecule has 2 aliphatic rings. The minimum absolute atomic E-state index is 0.00939. The van der Waals surface area contributed by atoms with Gasteiger partial charge < -0.3 is 16.0 Å². The van der Waals surface area contributed by atoms with Gasteiger partial charge in [0.05, 0.1) is 12.6 Å². The van der Waals surface area contributed by atoms with E-state index in [0.29, 0.717) is 11.1 Å². The zero-order chi connectivity index (χ0) is 25.1. The summed E-state index contributed by atoms with van der Waals surface area (Å²) in [6.45, 7) is 1.32. The second kappa shape index (κ2) is 10.3. The van der Waals surface area contributed by atoms with Crippen molar-refractivity contribution in [3.05, 3.63) is 71.0 Å². The van der Waals surface area contributed by atoms with Crippen LogP contribution in [0.25, 0.3) is 0 Å². The number of hydrogen-bond acceptors (Lipinski definition) is 2. The van der Waals surface area contributed by atoms with Gasteiger partial charge in [0.25, 0.3) is 0 Å². The number of carbonyl (C=O) groups excluding carboxylic acids is 2. The molecule has 0 bridgehead atoms. The summed E-state index contributed by atoms with van der Waals surface area (Å²) in [7, 11) is 0. The van der Waals surface area contributed by atoms with E-state index in [2.05, 4.69) is 10.3 Å². The molecule has 2 amide bonds. The summed E-state index contributed by atoms with van der Waals surface area (Å²) in [5, 5.41) is 8.68. The Morgan fingerprint density at radius 2 is 1.91 bits per heavy atom. The molecule has 1 saturated carbocycles. The third kappa shape index (κ3) is 5.90. The van der Waals surface area contributed by atoms with E-state index >= 15 is 0 Å². The minimum Gasteiger partial charge on any atom is -0.367 e. The first-order chi connectivity index (χ1) is 16.7. The standard InChI is InChI=1S/C26H29F2N5O2/c1-15(29)31-23(30)13-24(34)33-14-19(27)12-22(33)26(35)32-25(17-5-3-2-4-6-17)18-9-10-20(16-7-8-16)21(28)11-18/h2-6,9-11,16,19,22,25H,7-8,12-14H2,1H3,(H,32,35)(H3,29,30,31)/p+1/t19-,22+,25+/m1/s1. The van der Waals surface area contributed by atoms with Crippen molar-refractivity contribution in [2.45, 2.75) is 56.8 Å². The maximum absolute atomic E-state index is 14.8. The third-order valence-electron chi connectivity index (χ3n) is 6.32. The highest BCUT2D eigenvalue weighted by molar-refractivity contribution is 6.03. The summed E-state index contributed by atoms with van der Waals surface area (Å²) in [6.07, 6.45) is 0.196. The highest BCUT2D eigenvalue weighted by Crippen LogP contribution is 2.42. The van der Waals surface area contributed by atoms with Gasteiger partial charge in [0.2, 0.25) is 17.6 Å². The number of nitrogens with one attached hydrogen (secondary N) is 1. The zero-order valence-electron chi connectivity index (χ0n) is 19.6. The predicted molar refractivity (Wildman–Crippen MR) is 129 cm³/mol. The second-order valence-corrected chi connectivity index (χ2v) is 9.22. The van der Waals surface area contributed by atoms with Crippen LogP contribution in [-0.4, -0.2) is 47.1 Å². The van der Waals surface area contributed by atoms with Gasteiger partial charge in [-0.25, -0.2) is 8.78 Å². The molecule has 7 nitrogen and oxygen atoms in total. The van der Waals surface area contributed by atoms with Gasteiger partial charge in [-0.05, 0) is 46.5 Å². The Hall–Kier alpha value is -3.62. The van der Waals surface area contributed by atoms with Crippen LogP contribution in [-0.2, 0) is 9.59 Å². The fourth-order valence-corrected chi connectivity index (χ4v) is 4.52. The van der Waals surface area contributed by atoms with Gasteiger partial charge in [0, 0.05) is 13.3 Å². The van der Waals surface area contributed by atoms with Crippen molar-refractivity contribution in [1.82, 2.24) is 10.2 Å². The number of amidine groups is 2. The molecule has 3 atom stereocenters. The van der Waals surface area contributed by atoms with E-state index in [1.165, 1.54) is 17.9 Å². The third-order valence-corrected chi connectivity index (χ3v) is 6.32. The van der Waals surface area contributed by atoms with Crippen LogP contribution in [0.2, 0.25) is 0 Å². The number of amides is 2. The number of aliphatic imine (C=N–C) groups is 1. The monoisotopic (exact) mass is 482 g/mol. The fourth-order valence-electron chi connectivity index (χ4n) is 4.52.